The van der Waals surface area contributed by atoms with Gasteiger partial charge in [0.2, 0.25) is 0 Å². The van der Waals surface area contributed by atoms with Crippen LogP contribution in [-0.2, 0) is 13.0 Å². The molecule has 0 saturated carbocycles. The molecule has 0 amide bonds. The highest BCUT2D eigenvalue weighted by Gasteiger charge is 1.99. The molecule has 0 aliphatic rings. The number of hydrogen-bond acceptors (Lipinski definition) is 1. The molecule has 0 heterocycles. The monoisotopic (exact) mass is 211 g/mol. The summed E-state index contributed by atoms with van der Waals surface area (Å²) >= 11 is 0. The molecule has 0 atom stereocenters. The van der Waals surface area contributed by atoms with E-state index in [1.54, 1.807) is 0 Å². The number of hydrogen-bond donors (Lipinski definition) is 1. The van der Waals surface area contributed by atoms with E-state index in [0.717, 1.165) is 6.42 Å². The molecule has 0 radical (unpaired) electrons. The molecule has 0 spiro atoms. The molecule has 2 aromatic rings. The van der Waals surface area contributed by atoms with Crippen LogP contribution in [0.3, 0.4) is 0 Å². The molecule has 2 N–H and O–H groups in total. The van der Waals surface area contributed by atoms with Crippen molar-refractivity contribution in [2.24, 2.45) is 5.73 Å². The predicted molar refractivity (Wildman–Crippen MR) is 69.1 cm³/mol. The third-order valence-corrected chi connectivity index (χ3v) is 2.83. The summed E-state index contributed by atoms with van der Waals surface area (Å²) in [4.78, 5) is 0. The van der Waals surface area contributed by atoms with E-state index in [2.05, 4.69) is 55.5 Å². The van der Waals surface area contributed by atoms with E-state index in [4.69, 9.17) is 5.73 Å². The Balaban J connectivity index is 2.41. The molecule has 0 fully saturated rings. The van der Waals surface area contributed by atoms with Crippen molar-refractivity contribution in [3.63, 3.8) is 0 Å². The molecule has 16 heavy (non-hydrogen) atoms. The van der Waals surface area contributed by atoms with Crippen molar-refractivity contribution in [3.8, 4) is 11.1 Å². The lowest BCUT2D eigenvalue weighted by atomic mass is 10.0. The van der Waals surface area contributed by atoms with Gasteiger partial charge in [-0.3, -0.25) is 0 Å². The van der Waals surface area contributed by atoms with Crippen molar-refractivity contribution in [1.29, 1.82) is 0 Å². The van der Waals surface area contributed by atoms with Gasteiger partial charge in [0.1, 0.15) is 0 Å². The molecule has 0 aromatic heterocycles. The van der Waals surface area contributed by atoms with Crippen molar-refractivity contribution in [2.75, 3.05) is 0 Å². The van der Waals surface area contributed by atoms with Crippen LogP contribution in [0.5, 0.6) is 0 Å². The number of aryl methyl sites for hydroxylation is 1. The van der Waals surface area contributed by atoms with Gasteiger partial charge in [-0.15, -0.1) is 0 Å². The molecule has 0 bridgehead atoms. The Kier molecular flexibility index (Phi) is 3.37. The van der Waals surface area contributed by atoms with Crippen LogP contribution in [-0.4, -0.2) is 0 Å². The highest BCUT2D eigenvalue weighted by molar-refractivity contribution is 5.64. The normalized spacial score (nSPS) is 10.4. The SMILES string of the molecule is CCc1cccc(-c2cccc(CN)c2)c1. The molecule has 1 heteroatoms. The average molecular weight is 211 g/mol. The van der Waals surface area contributed by atoms with Crippen LogP contribution in [0.25, 0.3) is 11.1 Å². The van der Waals surface area contributed by atoms with Gasteiger partial charge in [-0.1, -0.05) is 49.4 Å². The van der Waals surface area contributed by atoms with E-state index in [-0.39, 0.29) is 0 Å². The van der Waals surface area contributed by atoms with Crippen LogP contribution in [0.1, 0.15) is 18.1 Å². The average Bonchev–Trinajstić information content (AvgIpc) is 2.39. The molecule has 0 aliphatic heterocycles. The van der Waals surface area contributed by atoms with Gasteiger partial charge in [0.25, 0.3) is 0 Å². The predicted octanol–water partition coefficient (Wildman–Crippen LogP) is 3.37. The first kappa shape index (κ1) is 10.9. The number of nitrogens with two attached hydrogens (primary N) is 1. The van der Waals surface area contributed by atoms with E-state index in [1.165, 1.54) is 22.3 Å². The fraction of sp³-hybridized carbons (Fsp3) is 0.200. The van der Waals surface area contributed by atoms with Crippen molar-refractivity contribution in [2.45, 2.75) is 19.9 Å². The van der Waals surface area contributed by atoms with Crippen LogP contribution in [0.15, 0.2) is 48.5 Å². The van der Waals surface area contributed by atoms with Gasteiger partial charge in [-0.05, 0) is 34.7 Å². The lowest BCUT2D eigenvalue weighted by molar-refractivity contribution is 1.07. The standard InChI is InChI=1S/C15H17N/c1-2-12-5-3-7-14(9-12)15-8-4-6-13(10-15)11-16/h3-10H,2,11,16H2,1H3. The highest BCUT2D eigenvalue weighted by Crippen LogP contribution is 2.21. The molecule has 1 nitrogen and oxygen atoms in total. The fourth-order valence-electron chi connectivity index (χ4n) is 1.85. The minimum Gasteiger partial charge on any atom is -0.326 e. The third-order valence-electron chi connectivity index (χ3n) is 2.83. The van der Waals surface area contributed by atoms with Crippen LogP contribution < -0.4 is 5.73 Å². The van der Waals surface area contributed by atoms with E-state index >= 15 is 0 Å². The van der Waals surface area contributed by atoms with Gasteiger partial charge in [0.05, 0.1) is 0 Å². The largest absolute Gasteiger partial charge is 0.326 e. The van der Waals surface area contributed by atoms with Crippen LogP contribution in [0.4, 0.5) is 0 Å². The van der Waals surface area contributed by atoms with Crippen LogP contribution in [0.2, 0.25) is 0 Å². The van der Waals surface area contributed by atoms with Crippen LogP contribution in [0, 0.1) is 0 Å². The van der Waals surface area contributed by atoms with Gasteiger partial charge in [-0.2, -0.15) is 0 Å². The van der Waals surface area contributed by atoms with Crippen molar-refractivity contribution in [3.05, 3.63) is 59.7 Å². The zero-order valence-electron chi connectivity index (χ0n) is 9.61. The Morgan fingerprint density at radius 1 is 0.875 bits per heavy atom. The summed E-state index contributed by atoms with van der Waals surface area (Å²) in [5, 5.41) is 0. The molecule has 2 rings (SSSR count). The molecule has 0 unspecified atom stereocenters. The van der Waals surface area contributed by atoms with Gasteiger partial charge in [-0.25, -0.2) is 0 Å². The van der Waals surface area contributed by atoms with Crippen molar-refractivity contribution in [1.82, 2.24) is 0 Å². The summed E-state index contributed by atoms with van der Waals surface area (Å²) in [5.41, 5.74) is 10.7. The summed E-state index contributed by atoms with van der Waals surface area (Å²) in [7, 11) is 0. The molecular weight excluding hydrogens is 194 g/mol. The van der Waals surface area contributed by atoms with Gasteiger partial charge in [0, 0.05) is 6.54 Å². The second kappa shape index (κ2) is 4.95. The Bertz CT molecular complexity index is 429. The summed E-state index contributed by atoms with van der Waals surface area (Å²) < 4.78 is 0. The quantitative estimate of drug-likeness (QED) is 0.827. The summed E-state index contributed by atoms with van der Waals surface area (Å²) in [5.74, 6) is 0. The third kappa shape index (κ3) is 2.31. The van der Waals surface area contributed by atoms with Gasteiger partial charge < -0.3 is 5.73 Å². The van der Waals surface area contributed by atoms with Crippen molar-refractivity contribution >= 4 is 0 Å². The lowest BCUT2D eigenvalue weighted by Crippen LogP contribution is -1.95. The number of benzene rings is 2. The molecular formula is C15H17N. The first-order valence-corrected chi connectivity index (χ1v) is 5.72. The second-order valence-corrected chi connectivity index (χ2v) is 3.96. The van der Waals surface area contributed by atoms with E-state index in [0.29, 0.717) is 6.54 Å². The van der Waals surface area contributed by atoms with Gasteiger partial charge >= 0.3 is 0 Å². The van der Waals surface area contributed by atoms with E-state index in [1.807, 2.05) is 0 Å². The van der Waals surface area contributed by atoms with Crippen LogP contribution >= 0.6 is 0 Å². The second-order valence-electron chi connectivity index (χ2n) is 3.96. The summed E-state index contributed by atoms with van der Waals surface area (Å²) in [6, 6.07) is 17.1. The zero-order chi connectivity index (χ0) is 11.4. The maximum Gasteiger partial charge on any atom is 0.0178 e. The lowest BCUT2D eigenvalue weighted by Gasteiger charge is -2.05. The zero-order valence-corrected chi connectivity index (χ0v) is 9.61. The minimum atomic E-state index is 0.599. The fourth-order valence-corrected chi connectivity index (χ4v) is 1.85. The molecule has 0 saturated heterocycles. The Hall–Kier alpha value is -1.60. The topological polar surface area (TPSA) is 26.0 Å². The summed E-state index contributed by atoms with van der Waals surface area (Å²) in [6.45, 7) is 2.77. The van der Waals surface area contributed by atoms with Gasteiger partial charge in [0.15, 0.2) is 0 Å². The molecule has 82 valence electrons. The molecule has 2 aromatic carbocycles. The summed E-state index contributed by atoms with van der Waals surface area (Å²) in [6.07, 6.45) is 1.07. The van der Waals surface area contributed by atoms with E-state index in [9.17, 15) is 0 Å². The smallest absolute Gasteiger partial charge is 0.0178 e. The molecule has 0 aliphatic carbocycles. The maximum atomic E-state index is 5.65. The Morgan fingerprint density at radius 2 is 1.44 bits per heavy atom. The minimum absolute atomic E-state index is 0.599. The van der Waals surface area contributed by atoms with E-state index < -0.39 is 0 Å². The Morgan fingerprint density at radius 3 is 2.00 bits per heavy atom. The first-order chi connectivity index (χ1) is 7.83. The Labute approximate surface area is 96.9 Å². The first-order valence-electron chi connectivity index (χ1n) is 5.72. The van der Waals surface area contributed by atoms with Crippen molar-refractivity contribution < 1.29 is 0 Å². The maximum absolute atomic E-state index is 5.65. The number of rotatable bonds is 3. The highest BCUT2D eigenvalue weighted by atomic mass is 14.5.